The zero-order valence-electron chi connectivity index (χ0n) is 12.9. The Morgan fingerprint density at radius 3 is 2.71 bits per heavy atom. The summed E-state index contributed by atoms with van der Waals surface area (Å²) in [5.41, 5.74) is 2.06. The van der Waals surface area contributed by atoms with E-state index >= 15 is 0 Å². The SMILES string of the molecule is CCNCc1ccc(N(C)CC(=O)N2CCCC2)cc1Cl. The van der Waals surface area contributed by atoms with Gasteiger partial charge < -0.3 is 15.1 Å². The van der Waals surface area contributed by atoms with E-state index in [1.165, 1.54) is 0 Å². The fraction of sp³-hybridized carbons (Fsp3) is 0.562. The average Bonchev–Trinajstić information content (AvgIpc) is 3.00. The highest BCUT2D eigenvalue weighted by molar-refractivity contribution is 6.31. The summed E-state index contributed by atoms with van der Waals surface area (Å²) >= 11 is 6.31. The molecule has 21 heavy (non-hydrogen) atoms. The molecule has 4 nitrogen and oxygen atoms in total. The number of halogens is 1. The maximum absolute atomic E-state index is 12.2. The van der Waals surface area contributed by atoms with Crippen LogP contribution in [0.1, 0.15) is 25.3 Å². The Morgan fingerprint density at radius 1 is 1.38 bits per heavy atom. The van der Waals surface area contributed by atoms with Crippen molar-refractivity contribution in [2.24, 2.45) is 0 Å². The van der Waals surface area contributed by atoms with E-state index in [0.29, 0.717) is 6.54 Å². The maximum atomic E-state index is 12.2. The predicted octanol–water partition coefficient (Wildman–Crippen LogP) is 2.51. The van der Waals surface area contributed by atoms with Crippen molar-refractivity contribution in [2.45, 2.75) is 26.3 Å². The zero-order valence-corrected chi connectivity index (χ0v) is 13.6. The zero-order chi connectivity index (χ0) is 15.2. The van der Waals surface area contributed by atoms with Gasteiger partial charge in [0.2, 0.25) is 5.91 Å². The Bertz CT molecular complexity index is 486. The van der Waals surface area contributed by atoms with Crippen LogP contribution < -0.4 is 10.2 Å². The Labute approximate surface area is 132 Å². The van der Waals surface area contributed by atoms with Crippen LogP contribution in [0.5, 0.6) is 0 Å². The number of carbonyl (C=O) groups excluding carboxylic acids is 1. The first-order valence-corrected chi connectivity index (χ1v) is 7.97. The molecule has 116 valence electrons. The van der Waals surface area contributed by atoms with Crippen LogP contribution in [-0.4, -0.2) is 44.0 Å². The van der Waals surface area contributed by atoms with Gasteiger partial charge in [0, 0.05) is 37.4 Å². The number of hydrogen-bond acceptors (Lipinski definition) is 3. The van der Waals surface area contributed by atoms with E-state index in [-0.39, 0.29) is 5.91 Å². The van der Waals surface area contributed by atoms with E-state index in [2.05, 4.69) is 12.2 Å². The number of benzene rings is 1. The van der Waals surface area contributed by atoms with Crippen LogP contribution in [0.15, 0.2) is 18.2 Å². The Hall–Kier alpha value is -1.26. The van der Waals surface area contributed by atoms with Crippen LogP contribution in [0.2, 0.25) is 5.02 Å². The summed E-state index contributed by atoms with van der Waals surface area (Å²) in [6.07, 6.45) is 2.25. The van der Waals surface area contributed by atoms with E-state index in [4.69, 9.17) is 11.6 Å². The minimum absolute atomic E-state index is 0.197. The molecule has 0 unspecified atom stereocenters. The summed E-state index contributed by atoms with van der Waals surface area (Å²) in [6.45, 7) is 5.96. The molecule has 1 saturated heterocycles. The van der Waals surface area contributed by atoms with Crippen LogP contribution >= 0.6 is 11.6 Å². The van der Waals surface area contributed by atoms with Crippen molar-refractivity contribution < 1.29 is 4.79 Å². The van der Waals surface area contributed by atoms with Gasteiger partial charge in [-0.3, -0.25) is 4.79 Å². The molecule has 1 N–H and O–H groups in total. The molecule has 1 fully saturated rings. The quantitative estimate of drug-likeness (QED) is 0.877. The smallest absolute Gasteiger partial charge is 0.242 e. The van der Waals surface area contributed by atoms with Gasteiger partial charge >= 0.3 is 0 Å². The minimum atomic E-state index is 0.197. The van der Waals surface area contributed by atoms with Crippen molar-refractivity contribution in [1.29, 1.82) is 0 Å². The second-order valence-electron chi connectivity index (χ2n) is 5.50. The molecule has 5 heteroatoms. The summed E-state index contributed by atoms with van der Waals surface area (Å²) < 4.78 is 0. The van der Waals surface area contributed by atoms with Crippen molar-refractivity contribution in [3.63, 3.8) is 0 Å². The monoisotopic (exact) mass is 309 g/mol. The van der Waals surface area contributed by atoms with Crippen LogP contribution in [0.25, 0.3) is 0 Å². The van der Waals surface area contributed by atoms with E-state index < -0.39 is 0 Å². The van der Waals surface area contributed by atoms with E-state index in [0.717, 1.165) is 55.3 Å². The molecule has 0 aromatic heterocycles. The predicted molar refractivity (Wildman–Crippen MR) is 87.9 cm³/mol. The first-order valence-electron chi connectivity index (χ1n) is 7.60. The van der Waals surface area contributed by atoms with Gasteiger partial charge in [-0.15, -0.1) is 0 Å². The molecule has 1 aliphatic heterocycles. The number of nitrogens with zero attached hydrogens (tertiary/aromatic N) is 2. The number of anilines is 1. The first kappa shape index (κ1) is 16.1. The van der Waals surface area contributed by atoms with Gasteiger partial charge in [0.25, 0.3) is 0 Å². The highest BCUT2D eigenvalue weighted by Gasteiger charge is 2.19. The molecule has 0 spiro atoms. The molecule has 2 rings (SSSR count). The van der Waals surface area contributed by atoms with Crippen molar-refractivity contribution in [3.8, 4) is 0 Å². The first-order chi connectivity index (χ1) is 10.1. The minimum Gasteiger partial charge on any atom is -0.365 e. The number of nitrogens with one attached hydrogen (secondary N) is 1. The molecule has 0 bridgehead atoms. The molecule has 0 saturated carbocycles. The second-order valence-corrected chi connectivity index (χ2v) is 5.91. The van der Waals surface area contributed by atoms with E-state index in [9.17, 15) is 4.79 Å². The topological polar surface area (TPSA) is 35.6 Å². The number of likely N-dealkylation sites (tertiary alicyclic amines) is 1. The van der Waals surface area contributed by atoms with E-state index in [1.807, 2.05) is 35.0 Å². The summed E-state index contributed by atoms with van der Waals surface area (Å²) in [5, 5.41) is 4.01. The number of carbonyl (C=O) groups is 1. The molecule has 1 aromatic carbocycles. The Morgan fingerprint density at radius 2 is 2.10 bits per heavy atom. The van der Waals surface area contributed by atoms with Gasteiger partial charge in [0.1, 0.15) is 0 Å². The number of hydrogen-bond donors (Lipinski definition) is 1. The highest BCUT2D eigenvalue weighted by Crippen LogP contribution is 2.23. The lowest BCUT2D eigenvalue weighted by Gasteiger charge is -2.23. The molecule has 0 aliphatic carbocycles. The molecular formula is C16H24ClN3O. The molecule has 1 amide bonds. The largest absolute Gasteiger partial charge is 0.365 e. The van der Waals surface area contributed by atoms with E-state index in [1.54, 1.807) is 0 Å². The fourth-order valence-corrected chi connectivity index (χ4v) is 2.78. The van der Waals surface area contributed by atoms with Gasteiger partial charge in [0.15, 0.2) is 0 Å². The Kier molecular flexibility index (Phi) is 5.88. The van der Waals surface area contributed by atoms with Crippen LogP contribution in [0.3, 0.4) is 0 Å². The van der Waals surface area contributed by atoms with Gasteiger partial charge in [-0.05, 0) is 37.1 Å². The van der Waals surface area contributed by atoms with Gasteiger partial charge in [-0.25, -0.2) is 0 Å². The third kappa shape index (κ3) is 4.35. The van der Waals surface area contributed by atoms with Crippen LogP contribution in [0.4, 0.5) is 5.69 Å². The molecular weight excluding hydrogens is 286 g/mol. The summed E-state index contributed by atoms with van der Waals surface area (Å²) in [5.74, 6) is 0.197. The van der Waals surface area contributed by atoms with Crippen molar-refractivity contribution in [2.75, 3.05) is 38.1 Å². The van der Waals surface area contributed by atoms with Crippen LogP contribution in [-0.2, 0) is 11.3 Å². The number of likely N-dealkylation sites (N-methyl/N-ethyl adjacent to an activating group) is 1. The normalized spacial score (nSPS) is 14.5. The van der Waals surface area contributed by atoms with Gasteiger partial charge in [0.05, 0.1) is 6.54 Å². The maximum Gasteiger partial charge on any atom is 0.242 e. The lowest BCUT2D eigenvalue weighted by Crippen LogP contribution is -2.37. The molecule has 1 aromatic rings. The lowest BCUT2D eigenvalue weighted by atomic mass is 10.2. The molecule has 1 heterocycles. The van der Waals surface area contributed by atoms with Gasteiger partial charge in [-0.1, -0.05) is 24.6 Å². The molecule has 0 radical (unpaired) electrons. The fourth-order valence-electron chi connectivity index (χ4n) is 2.54. The highest BCUT2D eigenvalue weighted by atomic mass is 35.5. The second kappa shape index (κ2) is 7.66. The third-order valence-electron chi connectivity index (χ3n) is 3.87. The summed E-state index contributed by atoms with van der Waals surface area (Å²) in [6, 6.07) is 5.98. The van der Waals surface area contributed by atoms with Gasteiger partial charge in [-0.2, -0.15) is 0 Å². The number of rotatable bonds is 6. The third-order valence-corrected chi connectivity index (χ3v) is 4.23. The van der Waals surface area contributed by atoms with Crippen molar-refractivity contribution in [3.05, 3.63) is 28.8 Å². The average molecular weight is 310 g/mol. The summed E-state index contributed by atoms with van der Waals surface area (Å²) in [4.78, 5) is 16.1. The van der Waals surface area contributed by atoms with Crippen molar-refractivity contribution in [1.82, 2.24) is 10.2 Å². The standard InChI is InChI=1S/C16H24ClN3O/c1-3-18-11-13-6-7-14(10-15(13)17)19(2)12-16(21)20-8-4-5-9-20/h6-7,10,18H,3-5,8-9,11-12H2,1-2H3. The lowest BCUT2D eigenvalue weighted by molar-refractivity contribution is -0.128. The molecule has 0 atom stereocenters. The summed E-state index contributed by atoms with van der Waals surface area (Å²) in [7, 11) is 1.93. The number of amides is 1. The Balaban J connectivity index is 1.96. The van der Waals surface area contributed by atoms with Crippen LogP contribution in [0, 0.1) is 0 Å². The van der Waals surface area contributed by atoms with Crippen molar-refractivity contribution >= 4 is 23.2 Å². The molecule has 1 aliphatic rings.